The van der Waals surface area contributed by atoms with Crippen molar-refractivity contribution in [2.45, 2.75) is 19.6 Å². The predicted molar refractivity (Wildman–Crippen MR) is 123 cm³/mol. The number of fused-ring (bicyclic) bond motifs is 2. The fourth-order valence-electron chi connectivity index (χ4n) is 3.95. The van der Waals surface area contributed by atoms with Crippen molar-refractivity contribution >= 4 is 34.3 Å². The van der Waals surface area contributed by atoms with Crippen LogP contribution in [0.4, 0.5) is 39.5 Å². The van der Waals surface area contributed by atoms with Crippen LogP contribution in [-0.4, -0.2) is 40.2 Å². The number of hydrogen-bond acceptors (Lipinski definition) is 5. The summed E-state index contributed by atoms with van der Waals surface area (Å²) in [4.78, 5) is 25.2. The van der Waals surface area contributed by atoms with Crippen LogP contribution < -0.4 is 19.3 Å². The van der Waals surface area contributed by atoms with Crippen LogP contribution in [0.25, 0.3) is 11.0 Å². The van der Waals surface area contributed by atoms with Crippen molar-refractivity contribution in [2.24, 2.45) is 7.05 Å². The number of benzene rings is 2. The molecule has 1 aliphatic heterocycles. The van der Waals surface area contributed by atoms with Crippen molar-refractivity contribution in [3.8, 4) is 11.6 Å². The van der Waals surface area contributed by atoms with Crippen LogP contribution in [0.5, 0.6) is 11.6 Å². The Hall–Kier alpha value is -4.35. The first-order valence-corrected chi connectivity index (χ1v) is 10.8. The van der Waals surface area contributed by atoms with E-state index in [-0.39, 0.29) is 24.0 Å². The first-order valence-electron chi connectivity index (χ1n) is 10.8. The highest BCUT2D eigenvalue weighted by atomic mass is 19.3. The lowest BCUT2D eigenvalue weighted by molar-refractivity contribution is -0.0498. The van der Waals surface area contributed by atoms with Gasteiger partial charge in [-0.05, 0) is 48.5 Å². The number of aromatic nitrogens is 3. The number of ether oxygens (including phenoxy) is 2. The molecule has 0 N–H and O–H groups in total. The summed E-state index contributed by atoms with van der Waals surface area (Å²) in [5.41, 5.74) is 3.12. The number of alkyl halides is 4. The lowest BCUT2D eigenvalue weighted by Crippen LogP contribution is -2.45. The van der Waals surface area contributed by atoms with Gasteiger partial charge < -0.3 is 14.0 Å². The van der Waals surface area contributed by atoms with E-state index in [4.69, 9.17) is 4.74 Å². The Morgan fingerprint density at radius 3 is 2.47 bits per heavy atom. The van der Waals surface area contributed by atoms with Crippen molar-refractivity contribution in [1.29, 1.82) is 0 Å². The second-order valence-electron chi connectivity index (χ2n) is 7.94. The number of imidazole rings is 1. The lowest BCUT2D eigenvalue weighted by atomic mass is 10.1. The fraction of sp³-hybridized carbons (Fsp3) is 0.208. The minimum Gasteiger partial charge on any atom is -0.472 e. The molecule has 5 rings (SSSR count). The number of pyridine rings is 1. The number of aryl methyl sites for hydroxylation is 1. The first kappa shape index (κ1) is 23.4. The highest BCUT2D eigenvalue weighted by Gasteiger charge is 2.34. The zero-order valence-electron chi connectivity index (χ0n) is 18.8. The molecule has 2 aromatic heterocycles. The summed E-state index contributed by atoms with van der Waals surface area (Å²) in [5.74, 6) is 0.0281. The summed E-state index contributed by atoms with van der Waals surface area (Å²) in [6.45, 7) is -3.69. The van der Waals surface area contributed by atoms with E-state index in [9.17, 15) is 22.4 Å². The molecule has 36 heavy (non-hydrogen) atoms. The van der Waals surface area contributed by atoms with Gasteiger partial charge in [0.15, 0.2) is 6.61 Å². The number of carbonyl (C=O) groups is 1. The molecule has 0 unspecified atom stereocenters. The Labute approximate surface area is 202 Å². The summed E-state index contributed by atoms with van der Waals surface area (Å²) >= 11 is 0. The summed E-state index contributed by atoms with van der Waals surface area (Å²) in [5, 5.41) is 0. The molecule has 0 atom stereocenters. The SMILES string of the molecule is Cn1cnc2ccc(N3Cc4ccc(OCC(F)F)nc4N(c4ccc(OC(F)F)cc4)C3=O)cc21. The molecule has 0 fully saturated rings. The second kappa shape index (κ2) is 9.36. The maximum atomic E-state index is 13.8. The predicted octanol–water partition coefficient (Wildman–Crippen LogP) is 5.49. The van der Waals surface area contributed by atoms with E-state index < -0.39 is 25.7 Å². The van der Waals surface area contributed by atoms with Crippen LogP contribution in [0.2, 0.25) is 0 Å². The number of nitrogens with zero attached hydrogens (tertiary/aromatic N) is 5. The largest absolute Gasteiger partial charge is 0.472 e. The van der Waals surface area contributed by atoms with Crippen LogP contribution in [0.15, 0.2) is 60.9 Å². The zero-order valence-corrected chi connectivity index (χ0v) is 18.8. The van der Waals surface area contributed by atoms with Crippen molar-refractivity contribution in [1.82, 2.24) is 14.5 Å². The molecule has 0 bridgehead atoms. The summed E-state index contributed by atoms with van der Waals surface area (Å²) < 4.78 is 61.8. The van der Waals surface area contributed by atoms with E-state index in [1.54, 1.807) is 24.5 Å². The standard InChI is InChI=1S/C24H19F4N5O3/c1-31-13-29-18-8-5-16(10-19(18)31)32-11-14-2-9-21(35-12-20(25)26)30-22(14)33(24(32)34)15-3-6-17(7-4-15)36-23(27)28/h2-10,13,20,23H,11-12H2,1H3. The molecule has 0 saturated carbocycles. The molecule has 0 saturated heterocycles. The highest BCUT2D eigenvalue weighted by Crippen LogP contribution is 2.38. The van der Waals surface area contributed by atoms with Gasteiger partial charge in [0.25, 0.3) is 6.43 Å². The molecular weight excluding hydrogens is 482 g/mol. The minimum atomic E-state index is -3.00. The quantitative estimate of drug-likeness (QED) is 0.313. The molecule has 12 heteroatoms. The molecular formula is C24H19F4N5O3. The number of hydrogen-bond donors (Lipinski definition) is 0. The van der Waals surface area contributed by atoms with Crippen LogP contribution >= 0.6 is 0 Å². The number of amides is 2. The number of carbonyl (C=O) groups excluding carboxylic acids is 1. The average molecular weight is 501 g/mol. The second-order valence-corrected chi connectivity index (χ2v) is 7.94. The van der Waals surface area contributed by atoms with E-state index in [1.165, 1.54) is 40.1 Å². The monoisotopic (exact) mass is 501 g/mol. The molecule has 186 valence electrons. The lowest BCUT2D eigenvalue weighted by Gasteiger charge is -2.36. The third-order valence-electron chi connectivity index (χ3n) is 5.59. The van der Waals surface area contributed by atoms with Gasteiger partial charge in [-0.25, -0.2) is 23.5 Å². The van der Waals surface area contributed by atoms with Gasteiger partial charge in [-0.1, -0.05) is 0 Å². The molecule has 2 aromatic carbocycles. The fourth-order valence-corrected chi connectivity index (χ4v) is 3.95. The van der Waals surface area contributed by atoms with Crippen molar-refractivity contribution in [3.63, 3.8) is 0 Å². The van der Waals surface area contributed by atoms with E-state index in [2.05, 4.69) is 14.7 Å². The maximum Gasteiger partial charge on any atom is 0.387 e. The topological polar surface area (TPSA) is 72.7 Å². The number of urea groups is 1. The van der Waals surface area contributed by atoms with Crippen molar-refractivity contribution in [3.05, 3.63) is 66.5 Å². The third-order valence-corrected chi connectivity index (χ3v) is 5.59. The molecule has 2 amide bonds. The summed E-state index contributed by atoms with van der Waals surface area (Å²) in [6, 6.07) is 13.5. The summed E-state index contributed by atoms with van der Waals surface area (Å²) in [7, 11) is 1.84. The van der Waals surface area contributed by atoms with Crippen LogP contribution in [0.1, 0.15) is 5.56 Å². The number of rotatable bonds is 7. The van der Waals surface area contributed by atoms with Gasteiger partial charge in [-0.15, -0.1) is 0 Å². The number of halogens is 4. The van der Waals surface area contributed by atoms with E-state index >= 15 is 0 Å². The summed E-state index contributed by atoms with van der Waals surface area (Å²) in [6.07, 6.45) is -1.03. The Morgan fingerprint density at radius 1 is 1.00 bits per heavy atom. The highest BCUT2D eigenvalue weighted by molar-refractivity contribution is 6.10. The Morgan fingerprint density at radius 2 is 1.75 bits per heavy atom. The van der Waals surface area contributed by atoms with E-state index in [0.717, 1.165) is 11.0 Å². The van der Waals surface area contributed by atoms with Gasteiger partial charge >= 0.3 is 12.6 Å². The van der Waals surface area contributed by atoms with Gasteiger partial charge in [-0.3, -0.25) is 4.90 Å². The Bertz CT molecular complexity index is 1410. The van der Waals surface area contributed by atoms with E-state index in [0.29, 0.717) is 16.9 Å². The molecule has 0 aliphatic carbocycles. The molecule has 0 radical (unpaired) electrons. The molecule has 1 aliphatic rings. The Balaban J connectivity index is 1.57. The first-order chi connectivity index (χ1) is 17.3. The van der Waals surface area contributed by atoms with Crippen LogP contribution in [0, 0.1) is 0 Å². The van der Waals surface area contributed by atoms with Crippen molar-refractivity contribution < 1.29 is 31.8 Å². The minimum absolute atomic E-state index is 0.0748. The van der Waals surface area contributed by atoms with Crippen molar-refractivity contribution in [2.75, 3.05) is 16.4 Å². The smallest absolute Gasteiger partial charge is 0.387 e. The third kappa shape index (κ3) is 4.49. The van der Waals surface area contributed by atoms with E-state index in [1.807, 2.05) is 17.7 Å². The molecule has 3 heterocycles. The van der Waals surface area contributed by atoms with Gasteiger partial charge in [0.05, 0.1) is 29.6 Å². The molecule has 8 nitrogen and oxygen atoms in total. The van der Waals surface area contributed by atoms with Gasteiger partial charge in [-0.2, -0.15) is 13.8 Å². The van der Waals surface area contributed by atoms with Gasteiger partial charge in [0.2, 0.25) is 5.88 Å². The average Bonchev–Trinajstić information content (AvgIpc) is 3.22. The number of anilines is 3. The maximum absolute atomic E-state index is 13.8. The normalized spacial score (nSPS) is 13.6. The van der Waals surface area contributed by atoms with Gasteiger partial charge in [0, 0.05) is 24.4 Å². The Kier molecular flexibility index (Phi) is 6.08. The van der Waals surface area contributed by atoms with Crippen LogP contribution in [0.3, 0.4) is 0 Å². The zero-order chi connectivity index (χ0) is 25.4. The molecule has 4 aromatic rings. The van der Waals surface area contributed by atoms with Gasteiger partial charge in [0.1, 0.15) is 11.6 Å². The van der Waals surface area contributed by atoms with Crippen LogP contribution in [-0.2, 0) is 13.6 Å². The molecule has 0 spiro atoms.